The topological polar surface area (TPSA) is 42.2 Å². The number of hydrogen-bond acceptors (Lipinski definition) is 4. The molecular formula is C10H17N3S. The Hall–Kier alpha value is -0.770. The fourth-order valence-electron chi connectivity index (χ4n) is 2.02. The van der Waals surface area contributed by atoms with Crippen LogP contribution in [0.15, 0.2) is 6.20 Å². The molecule has 1 saturated heterocycles. The summed E-state index contributed by atoms with van der Waals surface area (Å²) in [7, 11) is 0. The van der Waals surface area contributed by atoms with Crippen molar-refractivity contribution in [2.75, 3.05) is 17.2 Å². The van der Waals surface area contributed by atoms with Crippen molar-refractivity contribution in [1.29, 1.82) is 0 Å². The average Bonchev–Trinajstić information content (AvgIpc) is 2.57. The van der Waals surface area contributed by atoms with E-state index in [-0.39, 0.29) is 0 Å². The normalized spacial score (nSPS) is 28.0. The Kier molecular flexibility index (Phi) is 2.63. The zero-order valence-electron chi connectivity index (χ0n) is 8.73. The second kappa shape index (κ2) is 3.77. The van der Waals surface area contributed by atoms with Crippen LogP contribution in [0, 0.1) is 5.92 Å². The van der Waals surface area contributed by atoms with Crippen LogP contribution in [0.3, 0.4) is 0 Å². The van der Waals surface area contributed by atoms with Gasteiger partial charge in [-0.2, -0.15) is 0 Å². The van der Waals surface area contributed by atoms with Gasteiger partial charge in [0.1, 0.15) is 5.00 Å². The average molecular weight is 211 g/mol. The van der Waals surface area contributed by atoms with Crippen molar-refractivity contribution in [2.45, 2.75) is 32.7 Å². The van der Waals surface area contributed by atoms with Gasteiger partial charge in [-0.3, -0.25) is 0 Å². The van der Waals surface area contributed by atoms with Gasteiger partial charge in [0.25, 0.3) is 0 Å². The summed E-state index contributed by atoms with van der Waals surface area (Å²) in [6.07, 6.45) is 4.36. The van der Waals surface area contributed by atoms with Crippen LogP contribution < -0.4 is 10.6 Å². The summed E-state index contributed by atoms with van der Waals surface area (Å²) in [5.74, 6) is 0.758. The highest BCUT2D eigenvalue weighted by Gasteiger charge is 2.26. The predicted molar refractivity (Wildman–Crippen MR) is 61.7 cm³/mol. The van der Waals surface area contributed by atoms with Crippen molar-refractivity contribution in [1.82, 2.24) is 4.98 Å². The van der Waals surface area contributed by atoms with Crippen LogP contribution >= 0.6 is 11.3 Å². The van der Waals surface area contributed by atoms with Crippen LogP contribution in [0.5, 0.6) is 0 Å². The predicted octanol–water partition coefficient (Wildman–Crippen LogP) is 2.35. The zero-order valence-corrected chi connectivity index (χ0v) is 9.55. The summed E-state index contributed by atoms with van der Waals surface area (Å²) >= 11 is 1.59. The van der Waals surface area contributed by atoms with Gasteiger partial charge >= 0.3 is 0 Å². The minimum absolute atomic E-state index is 0.592. The van der Waals surface area contributed by atoms with E-state index in [1.807, 2.05) is 0 Å². The van der Waals surface area contributed by atoms with E-state index < -0.39 is 0 Å². The molecule has 2 rings (SSSR count). The molecule has 2 atom stereocenters. The monoisotopic (exact) mass is 211 g/mol. The Morgan fingerprint density at radius 1 is 1.57 bits per heavy atom. The molecule has 0 saturated carbocycles. The lowest BCUT2D eigenvalue weighted by atomic mass is 9.93. The molecule has 2 unspecified atom stereocenters. The van der Waals surface area contributed by atoms with Gasteiger partial charge in [-0.15, -0.1) is 0 Å². The lowest BCUT2D eigenvalue weighted by molar-refractivity contribution is 0.363. The lowest BCUT2D eigenvalue weighted by Gasteiger charge is -2.37. The minimum atomic E-state index is 0.592. The number of nitrogens with zero attached hydrogens (tertiary/aromatic N) is 2. The largest absolute Gasteiger partial charge is 0.389 e. The summed E-state index contributed by atoms with van der Waals surface area (Å²) in [5, 5.41) is 1.90. The number of anilines is 2. The molecule has 3 nitrogen and oxygen atoms in total. The van der Waals surface area contributed by atoms with Gasteiger partial charge in [0.15, 0.2) is 5.13 Å². The zero-order chi connectivity index (χ0) is 10.1. The van der Waals surface area contributed by atoms with Crippen molar-refractivity contribution in [3.63, 3.8) is 0 Å². The SMILES string of the molecule is CC1CCCN(c2ncc(N)s2)C1C. The Morgan fingerprint density at radius 3 is 3.00 bits per heavy atom. The highest BCUT2D eigenvalue weighted by molar-refractivity contribution is 7.19. The molecule has 1 aromatic rings. The van der Waals surface area contributed by atoms with Gasteiger partial charge in [-0.05, 0) is 25.7 Å². The number of aromatic nitrogens is 1. The maximum atomic E-state index is 5.69. The van der Waals surface area contributed by atoms with Crippen LogP contribution in [-0.4, -0.2) is 17.6 Å². The standard InChI is InChI=1S/C10H17N3S/c1-7-4-3-5-13(8(7)2)10-12-6-9(11)14-10/h6-8H,3-5,11H2,1-2H3. The first kappa shape index (κ1) is 9.77. The van der Waals surface area contributed by atoms with Crippen molar-refractivity contribution >= 4 is 21.5 Å². The second-order valence-electron chi connectivity index (χ2n) is 4.10. The summed E-state index contributed by atoms with van der Waals surface area (Å²) in [6, 6.07) is 0.592. The molecular weight excluding hydrogens is 194 g/mol. The minimum Gasteiger partial charge on any atom is -0.389 e. The van der Waals surface area contributed by atoms with Crippen LogP contribution in [0.1, 0.15) is 26.7 Å². The molecule has 2 N–H and O–H groups in total. The molecule has 0 spiro atoms. The number of rotatable bonds is 1. The maximum absolute atomic E-state index is 5.69. The molecule has 0 aromatic carbocycles. The highest BCUT2D eigenvalue weighted by atomic mass is 32.1. The number of thiazole rings is 1. The molecule has 1 aromatic heterocycles. The van der Waals surface area contributed by atoms with Gasteiger partial charge in [0.2, 0.25) is 0 Å². The van der Waals surface area contributed by atoms with Gasteiger partial charge in [0.05, 0.1) is 6.20 Å². The van der Waals surface area contributed by atoms with E-state index in [0.29, 0.717) is 6.04 Å². The van der Waals surface area contributed by atoms with Crippen molar-refractivity contribution in [2.24, 2.45) is 5.92 Å². The maximum Gasteiger partial charge on any atom is 0.187 e. The molecule has 0 bridgehead atoms. The third kappa shape index (κ3) is 1.71. The van der Waals surface area contributed by atoms with E-state index in [9.17, 15) is 0 Å². The third-order valence-electron chi connectivity index (χ3n) is 3.13. The van der Waals surface area contributed by atoms with Gasteiger partial charge in [-0.25, -0.2) is 4.98 Å². The first-order valence-corrected chi connectivity index (χ1v) is 5.98. The fourth-order valence-corrected chi connectivity index (χ4v) is 2.81. The highest BCUT2D eigenvalue weighted by Crippen LogP contribution is 2.31. The van der Waals surface area contributed by atoms with Crippen molar-refractivity contribution in [3.05, 3.63) is 6.20 Å². The number of nitrogen functional groups attached to an aromatic ring is 1. The van der Waals surface area contributed by atoms with E-state index in [0.717, 1.165) is 22.6 Å². The van der Waals surface area contributed by atoms with Crippen LogP contribution in [0.4, 0.5) is 10.1 Å². The number of hydrogen-bond donors (Lipinski definition) is 1. The van der Waals surface area contributed by atoms with E-state index in [1.54, 1.807) is 17.5 Å². The summed E-state index contributed by atoms with van der Waals surface area (Å²) in [4.78, 5) is 6.73. The molecule has 0 aliphatic carbocycles. The van der Waals surface area contributed by atoms with Crippen molar-refractivity contribution < 1.29 is 0 Å². The van der Waals surface area contributed by atoms with E-state index in [4.69, 9.17) is 5.73 Å². The van der Waals surface area contributed by atoms with Gasteiger partial charge in [-0.1, -0.05) is 18.3 Å². The van der Waals surface area contributed by atoms with Crippen LogP contribution in [-0.2, 0) is 0 Å². The Labute approximate surface area is 88.9 Å². The van der Waals surface area contributed by atoms with Crippen molar-refractivity contribution in [3.8, 4) is 0 Å². The molecule has 14 heavy (non-hydrogen) atoms. The van der Waals surface area contributed by atoms with Gasteiger partial charge < -0.3 is 10.6 Å². The van der Waals surface area contributed by atoms with Gasteiger partial charge in [0, 0.05) is 12.6 Å². The first-order chi connectivity index (χ1) is 6.68. The van der Waals surface area contributed by atoms with Crippen LogP contribution in [0.2, 0.25) is 0 Å². The molecule has 78 valence electrons. The molecule has 1 aliphatic rings. The molecule has 2 heterocycles. The summed E-state index contributed by atoms with van der Waals surface area (Å²) in [6.45, 7) is 5.72. The summed E-state index contributed by atoms with van der Waals surface area (Å²) < 4.78 is 0. The van der Waals surface area contributed by atoms with E-state index in [1.165, 1.54) is 12.8 Å². The Morgan fingerprint density at radius 2 is 2.36 bits per heavy atom. The lowest BCUT2D eigenvalue weighted by Crippen LogP contribution is -2.42. The second-order valence-corrected chi connectivity index (χ2v) is 5.14. The molecule has 0 amide bonds. The number of piperidine rings is 1. The smallest absolute Gasteiger partial charge is 0.187 e. The molecule has 0 radical (unpaired) electrons. The number of nitrogens with two attached hydrogens (primary N) is 1. The molecule has 1 aliphatic heterocycles. The van der Waals surface area contributed by atoms with E-state index >= 15 is 0 Å². The quantitative estimate of drug-likeness (QED) is 0.775. The molecule has 4 heteroatoms. The first-order valence-electron chi connectivity index (χ1n) is 5.16. The third-order valence-corrected chi connectivity index (χ3v) is 3.99. The fraction of sp³-hybridized carbons (Fsp3) is 0.700. The summed E-state index contributed by atoms with van der Waals surface area (Å²) in [5.41, 5.74) is 5.69. The van der Waals surface area contributed by atoms with Crippen LogP contribution in [0.25, 0.3) is 0 Å². The Balaban J connectivity index is 2.17. The molecule has 1 fully saturated rings. The Bertz CT molecular complexity index is 310. The van der Waals surface area contributed by atoms with E-state index in [2.05, 4.69) is 23.7 Å².